The van der Waals surface area contributed by atoms with Crippen LogP contribution in [0.4, 0.5) is 0 Å². The quantitative estimate of drug-likeness (QED) is 0.597. The highest BCUT2D eigenvalue weighted by molar-refractivity contribution is 5.79. The number of likely N-dealkylation sites (N-methyl/N-ethyl adjacent to an activating group) is 1. The summed E-state index contributed by atoms with van der Waals surface area (Å²) in [4.78, 5) is 6.77. The Kier molecular flexibility index (Phi) is 5.44. The van der Waals surface area contributed by atoms with Gasteiger partial charge in [0.1, 0.15) is 0 Å². The number of nitrogens with zero attached hydrogens (tertiary/aromatic N) is 2. The molecule has 2 aliphatic rings. The smallest absolute Gasteiger partial charge is 0.191 e. The average Bonchev–Trinajstić information content (AvgIpc) is 3.37. The van der Waals surface area contributed by atoms with Crippen molar-refractivity contribution in [3.8, 4) is 0 Å². The summed E-state index contributed by atoms with van der Waals surface area (Å²) >= 11 is 0. The van der Waals surface area contributed by atoms with Crippen LogP contribution in [0.5, 0.6) is 0 Å². The number of hydrogen-bond acceptors (Lipinski definition) is 2. The van der Waals surface area contributed by atoms with E-state index in [1.54, 1.807) is 0 Å². The van der Waals surface area contributed by atoms with Crippen molar-refractivity contribution in [1.29, 1.82) is 0 Å². The lowest BCUT2D eigenvalue weighted by molar-refractivity contribution is 0.242. The molecule has 4 heteroatoms. The van der Waals surface area contributed by atoms with E-state index in [1.807, 2.05) is 7.05 Å². The first-order valence-electron chi connectivity index (χ1n) is 9.31. The molecule has 1 unspecified atom stereocenters. The number of hydrogen-bond donors (Lipinski definition) is 2. The maximum atomic E-state index is 4.43. The van der Waals surface area contributed by atoms with Gasteiger partial charge in [-0.15, -0.1) is 0 Å². The third-order valence-electron chi connectivity index (χ3n) is 5.82. The second-order valence-corrected chi connectivity index (χ2v) is 7.67. The predicted molar refractivity (Wildman–Crippen MR) is 102 cm³/mol. The first kappa shape index (κ1) is 17.3. The van der Waals surface area contributed by atoms with Crippen molar-refractivity contribution in [1.82, 2.24) is 15.5 Å². The zero-order valence-electron chi connectivity index (χ0n) is 15.4. The van der Waals surface area contributed by atoms with Crippen molar-refractivity contribution >= 4 is 5.96 Å². The SMILES string of the molecule is CN=C(NCC(C1CC1)N(C)C)NCC1(c2ccccc2)CCC1. The van der Waals surface area contributed by atoms with E-state index in [9.17, 15) is 0 Å². The molecule has 0 saturated heterocycles. The van der Waals surface area contributed by atoms with Crippen molar-refractivity contribution in [3.63, 3.8) is 0 Å². The van der Waals surface area contributed by atoms with E-state index in [-0.39, 0.29) is 5.41 Å². The van der Waals surface area contributed by atoms with E-state index in [0.717, 1.165) is 25.0 Å². The van der Waals surface area contributed by atoms with Gasteiger partial charge in [-0.1, -0.05) is 36.8 Å². The molecule has 0 aromatic heterocycles. The first-order valence-corrected chi connectivity index (χ1v) is 9.31. The van der Waals surface area contributed by atoms with Crippen LogP contribution < -0.4 is 10.6 Å². The van der Waals surface area contributed by atoms with Crippen LogP contribution in [-0.4, -0.2) is 51.1 Å². The van der Waals surface area contributed by atoms with E-state index < -0.39 is 0 Å². The van der Waals surface area contributed by atoms with E-state index in [0.29, 0.717) is 6.04 Å². The zero-order chi connectivity index (χ0) is 17.0. The predicted octanol–water partition coefficient (Wildman–Crippen LogP) is 2.61. The third-order valence-corrected chi connectivity index (χ3v) is 5.82. The van der Waals surface area contributed by atoms with Gasteiger partial charge in [0.2, 0.25) is 0 Å². The topological polar surface area (TPSA) is 39.7 Å². The van der Waals surface area contributed by atoms with Crippen LogP contribution in [0.2, 0.25) is 0 Å². The lowest BCUT2D eigenvalue weighted by Gasteiger charge is -2.43. The van der Waals surface area contributed by atoms with Gasteiger partial charge in [0.25, 0.3) is 0 Å². The lowest BCUT2D eigenvalue weighted by atomic mass is 9.64. The molecule has 2 fully saturated rings. The molecule has 132 valence electrons. The third kappa shape index (κ3) is 3.92. The first-order chi connectivity index (χ1) is 11.6. The van der Waals surface area contributed by atoms with Crippen LogP contribution in [0, 0.1) is 5.92 Å². The number of rotatable bonds is 7. The minimum absolute atomic E-state index is 0.288. The van der Waals surface area contributed by atoms with E-state index in [4.69, 9.17) is 0 Å². The van der Waals surface area contributed by atoms with Gasteiger partial charge in [-0.05, 0) is 51.3 Å². The Balaban J connectivity index is 1.54. The summed E-state index contributed by atoms with van der Waals surface area (Å²) in [5.41, 5.74) is 1.75. The van der Waals surface area contributed by atoms with Crippen molar-refractivity contribution < 1.29 is 0 Å². The van der Waals surface area contributed by atoms with Crippen LogP contribution in [0.1, 0.15) is 37.7 Å². The van der Waals surface area contributed by atoms with Crippen molar-refractivity contribution in [2.45, 2.75) is 43.6 Å². The fraction of sp³-hybridized carbons (Fsp3) is 0.650. The fourth-order valence-corrected chi connectivity index (χ4v) is 3.89. The van der Waals surface area contributed by atoms with E-state index in [1.165, 1.54) is 37.7 Å². The highest BCUT2D eigenvalue weighted by Gasteiger charge is 2.38. The largest absolute Gasteiger partial charge is 0.356 e. The van der Waals surface area contributed by atoms with Gasteiger partial charge >= 0.3 is 0 Å². The zero-order valence-corrected chi connectivity index (χ0v) is 15.4. The Hall–Kier alpha value is -1.55. The molecule has 0 spiro atoms. The molecule has 0 heterocycles. The average molecular weight is 329 g/mol. The molecule has 0 aliphatic heterocycles. The van der Waals surface area contributed by atoms with Gasteiger partial charge in [-0.25, -0.2) is 0 Å². The molecule has 1 atom stereocenters. The van der Waals surface area contributed by atoms with Crippen LogP contribution in [-0.2, 0) is 5.41 Å². The number of benzene rings is 1. The normalized spacial score (nSPS) is 21.2. The molecule has 24 heavy (non-hydrogen) atoms. The Bertz CT molecular complexity index is 542. The number of nitrogens with one attached hydrogen (secondary N) is 2. The Morgan fingerprint density at radius 3 is 2.42 bits per heavy atom. The molecule has 0 amide bonds. The fourth-order valence-electron chi connectivity index (χ4n) is 3.89. The summed E-state index contributed by atoms with van der Waals surface area (Å²) in [6.07, 6.45) is 6.60. The molecule has 2 aliphatic carbocycles. The molecular weight excluding hydrogens is 296 g/mol. The molecule has 3 rings (SSSR count). The maximum Gasteiger partial charge on any atom is 0.191 e. The van der Waals surface area contributed by atoms with Gasteiger partial charge in [-0.3, -0.25) is 4.99 Å². The summed E-state index contributed by atoms with van der Waals surface area (Å²) in [6, 6.07) is 11.6. The number of aliphatic imine (C=N–C) groups is 1. The van der Waals surface area contributed by atoms with Crippen molar-refractivity contribution in [2.75, 3.05) is 34.2 Å². The molecule has 0 bridgehead atoms. The highest BCUT2D eigenvalue weighted by Crippen LogP contribution is 2.43. The van der Waals surface area contributed by atoms with Crippen molar-refractivity contribution in [3.05, 3.63) is 35.9 Å². The maximum absolute atomic E-state index is 4.43. The van der Waals surface area contributed by atoms with Gasteiger partial charge in [0, 0.05) is 31.6 Å². The monoisotopic (exact) mass is 328 g/mol. The van der Waals surface area contributed by atoms with E-state index >= 15 is 0 Å². The molecule has 1 aromatic rings. The minimum Gasteiger partial charge on any atom is -0.356 e. The summed E-state index contributed by atoms with van der Waals surface area (Å²) < 4.78 is 0. The van der Waals surface area contributed by atoms with Gasteiger partial charge in [0.05, 0.1) is 0 Å². The molecule has 1 aromatic carbocycles. The molecule has 2 N–H and O–H groups in total. The summed E-state index contributed by atoms with van der Waals surface area (Å²) in [6.45, 7) is 1.93. The van der Waals surface area contributed by atoms with Crippen LogP contribution >= 0.6 is 0 Å². The summed E-state index contributed by atoms with van der Waals surface area (Å²) in [7, 11) is 6.23. The minimum atomic E-state index is 0.288. The molecule has 0 radical (unpaired) electrons. The van der Waals surface area contributed by atoms with E-state index in [2.05, 4.69) is 65.0 Å². The Labute approximate surface area is 146 Å². The molecular formula is C20H32N4. The van der Waals surface area contributed by atoms with Crippen LogP contribution in [0.3, 0.4) is 0 Å². The van der Waals surface area contributed by atoms with Crippen LogP contribution in [0.25, 0.3) is 0 Å². The summed E-state index contributed by atoms with van der Waals surface area (Å²) in [5.74, 6) is 1.79. The molecule has 2 saturated carbocycles. The Morgan fingerprint density at radius 2 is 1.92 bits per heavy atom. The van der Waals surface area contributed by atoms with Crippen LogP contribution in [0.15, 0.2) is 35.3 Å². The second-order valence-electron chi connectivity index (χ2n) is 7.67. The van der Waals surface area contributed by atoms with Gasteiger partial charge in [-0.2, -0.15) is 0 Å². The van der Waals surface area contributed by atoms with Gasteiger partial charge < -0.3 is 15.5 Å². The second kappa shape index (κ2) is 7.56. The number of guanidine groups is 1. The lowest BCUT2D eigenvalue weighted by Crippen LogP contribution is -2.51. The van der Waals surface area contributed by atoms with Gasteiger partial charge in [0.15, 0.2) is 5.96 Å². The van der Waals surface area contributed by atoms with Crippen molar-refractivity contribution in [2.24, 2.45) is 10.9 Å². The molecule has 4 nitrogen and oxygen atoms in total. The highest BCUT2D eigenvalue weighted by atomic mass is 15.2. The Morgan fingerprint density at radius 1 is 1.21 bits per heavy atom. The summed E-state index contributed by atoms with van der Waals surface area (Å²) in [5, 5.41) is 7.13. The standard InChI is InChI=1S/C20H32N4/c1-21-19(22-14-18(24(2)3)16-10-11-16)23-15-20(12-7-13-20)17-8-5-4-6-9-17/h4-6,8-9,16,18H,7,10-15H2,1-3H3,(H2,21,22,23).